The van der Waals surface area contributed by atoms with Crippen LogP contribution < -0.4 is 11.5 Å². The van der Waals surface area contributed by atoms with Crippen LogP contribution in [0.5, 0.6) is 0 Å². The maximum atomic E-state index is 13.4. The lowest BCUT2D eigenvalue weighted by molar-refractivity contribution is 0.0720. The van der Waals surface area contributed by atoms with Crippen molar-refractivity contribution in [2.24, 2.45) is 21.5 Å². The highest BCUT2D eigenvalue weighted by molar-refractivity contribution is 6.30. The number of carbonyl (C=O) groups is 1. The summed E-state index contributed by atoms with van der Waals surface area (Å²) >= 11 is 6.12. The van der Waals surface area contributed by atoms with Crippen LogP contribution in [0, 0.1) is 11.3 Å². The lowest BCUT2D eigenvalue weighted by atomic mass is 10.1. The standard InChI is InChI=1S/C22H23ClN6O/c1-3-20(26)28-21(27-14-25)15(2)29(13-17-7-5-9-19(23)11-17)22(30)18-8-4-6-16(10-18)12-24/h3-11,14-15H,13,26H2,1-2H3,(H2,25,27,28)/b20-3+. The predicted molar refractivity (Wildman–Crippen MR) is 120 cm³/mol. The van der Waals surface area contributed by atoms with Gasteiger partial charge in [0.2, 0.25) is 0 Å². The maximum absolute atomic E-state index is 13.4. The van der Waals surface area contributed by atoms with Crippen molar-refractivity contribution in [2.75, 3.05) is 0 Å². The highest BCUT2D eigenvalue weighted by Crippen LogP contribution is 2.19. The minimum absolute atomic E-state index is 0.242. The van der Waals surface area contributed by atoms with Crippen molar-refractivity contribution < 1.29 is 4.79 Å². The Balaban J connectivity index is 2.52. The van der Waals surface area contributed by atoms with Crippen molar-refractivity contribution in [3.8, 4) is 6.07 Å². The van der Waals surface area contributed by atoms with Gasteiger partial charge in [-0.15, -0.1) is 0 Å². The Hall–Kier alpha value is -3.63. The summed E-state index contributed by atoms with van der Waals surface area (Å²) in [6.07, 6.45) is 2.73. The van der Waals surface area contributed by atoms with Gasteiger partial charge in [-0.2, -0.15) is 5.26 Å². The molecule has 2 aromatic carbocycles. The number of benzene rings is 2. The Morgan fingerprint density at radius 3 is 2.67 bits per heavy atom. The molecule has 4 N–H and O–H groups in total. The predicted octanol–water partition coefficient (Wildman–Crippen LogP) is 3.45. The molecule has 0 bridgehead atoms. The van der Waals surface area contributed by atoms with E-state index in [9.17, 15) is 10.1 Å². The highest BCUT2D eigenvalue weighted by Gasteiger charge is 2.26. The number of amidine groups is 1. The van der Waals surface area contributed by atoms with Gasteiger partial charge in [0.15, 0.2) is 5.84 Å². The number of nitrogens with two attached hydrogens (primary N) is 2. The molecule has 8 heteroatoms. The van der Waals surface area contributed by atoms with Gasteiger partial charge in [-0.05, 0) is 55.8 Å². The Morgan fingerprint density at radius 2 is 2.03 bits per heavy atom. The van der Waals surface area contributed by atoms with Crippen LogP contribution >= 0.6 is 11.6 Å². The van der Waals surface area contributed by atoms with Gasteiger partial charge in [0.25, 0.3) is 5.91 Å². The molecule has 7 nitrogen and oxygen atoms in total. The lowest BCUT2D eigenvalue weighted by Gasteiger charge is -2.29. The minimum atomic E-state index is -0.569. The number of hydrogen-bond acceptors (Lipinski definition) is 4. The van der Waals surface area contributed by atoms with E-state index >= 15 is 0 Å². The molecule has 1 unspecified atom stereocenters. The first-order valence-electron chi connectivity index (χ1n) is 9.19. The van der Waals surface area contributed by atoms with Crippen molar-refractivity contribution in [2.45, 2.75) is 26.4 Å². The third-order valence-corrected chi connectivity index (χ3v) is 4.56. The van der Waals surface area contributed by atoms with Gasteiger partial charge in [-0.1, -0.05) is 29.8 Å². The zero-order valence-corrected chi connectivity index (χ0v) is 17.5. The van der Waals surface area contributed by atoms with Crippen molar-refractivity contribution in [1.29, 1.82) is 5.26 Å². The van der Waals surface area contributed by atoms with Crippen molar-refractivity contribution in [3.63, 3.8) is 0 Å². The van der Waals surface area contributed by atoms with Crippen LogP contribution in [-0.2, 0) is 6.54 Å². The van der Waals surface area contributed by atoms with Crippen molar-refractivity contribution >= 4 is 29.7 Å². The summed E-state index contributed by atoms with van der Waals surface area (Å²) in [7, 11) is 0. The molecule has 0 aliphatic heterocycles. The van der Waals surface area contributed by atoms with Crippen molar-refractivity contribution in [1.82, 2.24) is 4.90 Å². The maximum Gasteiger partial charge on any atom is 0.254 e. The molecule has 0 heterocycles. The Labute approximate surface area is 181 Å². The van der Waals surface area contributed by atoms with E-state index in [4.69, 9.17) is 23.1 Å². The van der Waals surface area contributed by atoms with Gasteiger partial charge in [0.05, 0.1) is 24.0 Å². The summed E-state index contributed by atoms with van der Waals surface area (Å²) in [6.45, 7) is 3.77. The molecule has 0 aliphatic carbocycles. The van der Waals surface area contributed by atoms with Crippen molar-refractivity contribution in [3.05, 3.63) is 82.1 Å². The molecule has 30 heavy (non-hydrogen) atoms. The summed E-state index contributed by atoms with van der Waals surface area (Å²) in [5.41, 5.74) is 12.9. The minimum Gasteiger partial charge on any atom is -0.390 e. The molecular formula is C22H23ClN6O. The molecule has 0 spiro atoms. The second-order valence-corrected chi connectivity index (χ2v) is 6.83. The van der Waals surface area contributed by atoms with E-state index in [2.05, 4.69) is 9.98 Å². The monoisotopic (exact) mass is 422 g/mol. The Morgan fingerprint density at radius 1 is 1.30 bits per heavy atom. The van der Waals surface area contributed by atoms with Gasteiger partial charge >= 0.3 is 0 Å². The van der Waals surface area contributed by atoms with E-state index in [-0.39, 0.29) is 24.1 Å². The number of amides is 1. The third kappa shape index (κ3) is 5.93. The molecule has 0 radical (unpaired) electrons. The van der Waals surface area contributed by atoms with Gasteiger partial charge < -0.3 is 16.4 Å². The largest absolute Gasteiger partial charge is 0.390 e. The number of nitrogens with zero attached hydrogens (tertiary/aromatic N) is 4. The summed E-state index contributed by atoms with van der Waals surface area (Å²) < 4.78 is 0. The topological polar surface area (TPSA) is 121 Å². The van der Waals surface area contributed by atoms with Gasteiger partial charge in [0.1, 0.15) is 5.82 Å². The summed E-state index contributed by atoms with van der Waals surface area (Å²) in [5, 5.41) is 9.74. The Kier molecular flexibility index (Phi) is 8.15. The first-order valence-corrected chi connectivity index (χ1v) is 9.57. The highest BCUT2D eigenvalue weighted by atomic mass is 35.5. The lowest BCUT2D eigenvalue weighted by Crippen LogP contribution is -2.42. The quantitative estimate of drug-likeness (QED) is 0.546. The van der Waals surface area contributed by atoms with Crippen LogP contribution in [0.25, 0.3) is 0 Å². The number of carbonyl (C=O) groups excluding carboxylic acids is 1. The zero-order chi connectivity index (χ0) is 22.1. The molecule has 154 valence electrons. The summed E-state index contributed by atoms with van der Waals surface area (Å²) in [4.78, 5) is 23.4. The number of aliphatic imine (C=N–C) groups is 2. The second kappa shape index (κ2) is 10.8. The van der Waals surface area contributed by atoms with E-state index in [0.717, 1.165) is 11.9 Å². The molecule has 0 saturated carbocycles. The van der Waals surface area contributed by atoms with Crippen LogP contribution in [0.4, 0.5) is 0 Å². The van der Waals surface area contributed by atoms with Gasteiger partial charge in [-0.3, -0.25) is 4.79 Å². The van der Waals surface area contributed by atoms with Crippen LogP contribution in [0.2, 0.25) is 5.02 Å². The molecule has 2 aromatic rings. The zero-order valence-electron chi connectivity index (χ0n) is 16.8. The van der Waals surface area contributed by atoms with E-state index in [0.29, 0.717) is 16.1 Å². The Bertz CT molecular complexity index is 1040. The van der Waals surface area contributed by atoms with Gasteiger partial charge in [-0.25, -0.2) is 9.98 Å². The van der Waals surface area contributed by atoms with E-state index in [1.807, 2.05) is 18.2 Å². The van der Waals surface area contributed by atoms with Crippen LogP contribution in [0.15, 0.2) is 70.4 Å². The average molecular weight is 423 g/mol. The number of hydrogen-bond donors (Lipinski definition) is 2. The average Bonchev–Trinajstić information content (AvgIpc) is 2.76. The number of halogens is 1. The molecule has 0 saturated heterocycles. The summed E-state index contributed by atoms with van der Waals surface area (Å²) in [5.74, 6) is 0.238. The molecule has 0 aliphatic rings. The van der Waals surface area contributed by atoms with E-state index in [1.54, 1.807) is 61.2 Å². The molecule has 1 amide bonds. The smallest absolute Gasteiger partial charge is 0.254 e. The van der Waals surface area contributed by atoms with E-state index < -0.39 is 6.04 Å². The summed E-state index contributed by atoms with van der Waals surface area (Å²) in [6, 6.07) is 15.2. The van der Waals surface area contributed by atoms with Crippen LogP contribution in [-0.4, -0.2) is 29.0 Å². The first kappa shape index (κ1) is 22.7. The second-order valence-electron chi connectivity index (χ2n) is 6.39. The fourth-order valence-electron chi connectivity index (χ4n) is 2.75. The third-order valence-electron chi connectivity index (χ3n) is 4.33. The molecule has 1 atom stereocenters. The van der Waals surface area contributed by atoms with Gasteiger partial charge in [0, 0.05) is 17.1 Å². The fourth-order valence-corrected chi connectivity index (χ4v) is 2.96. The molecule has 2 rings (SSSR count). The SMILES string of the molecule is C/C=C(\N)N=C(N=CN)C(C)N(Cc1cccc(Cl)c1)C(=O)c1cccc(C#N)c1. The van der Waals surface area contributed by atoms with E-state index in [1.165, 1.54) is 0 Å². The molecular weight excluding hydrogens is 400 g/mol. The number of allylic oxidation sites excluding steroid dienone is 1. The number of nitriles is 1. The normalized spacial score (nSPS) is 13.1. The van der Waals surface area contributed by atoms with Crippen LogP contribution in [0.1, 0.15) is 35.3 Å². The fraction of sp³-hybridized carbons (Fsp3) is 0.182. The molecule has 0 aromatic heterocycles. The van der Waals surface area contributed by atoms with Crippen LogP contribution in [0.3, 0.4) is 0 Å². The first-order chi connectivity index (χ1) is 14.4. The molecule has 0 fully saturated rings. The number of rotatable bonds is 6.